The van der Waals surface area contributed by atoms with Crippen molar-refractivity contribution in [1.29, 1.82) is 0 Å². The van der Waals surface area contributed by atoms with Crippen molar-refractivity contribution in [3.63, 3.8) is 0 Å². The highest BCUT2D eigenvalue weighted by atomic mass is 15.0. The molecule has 2 N–H and O–H groups in total. The number of H-pyrrole nitrogens is 1. The van der Waals surface area contributed by atoms with E-state index in [0.29, 0.717) is 12.0 Å². The Morgan fingerprint density at radius 2 is 2.20 bits per heavy atom. The molecule has 2 unspecified atom stereocenters. The molecule has 3 heteroatoms. The highest BCUT2D eigenvalue weighted by molar-refractivity contribution is 5.74. The van der Waals surface area contributed by atoms with Crippen molar-refractivity contribution in [1.82, 2.24) is 15.3 Å². The summed E-state index contributed by atoms with van der Waals surface area (Å²) in [6, 6.07) is 8.75. The predicted molar refractivity (Wildman–Crippen MR) is 60.9 cm³/mol. The first-order chi connectivity index (χ1) is 7.34. The number of benzene rings is 1. The molecule has 1 aromatic heterocycles. The third kappa shape index (κ3) is 1.43. The Morgan fingerprint density at radius 3 is 2.93 bits per heavy atom. The van der Waals surface area contributed by atoms with Crippen LogP contribution in [0.4, 0.5) is 0 Å². The number of fused-ring (bicyclic) bond motifs is 1. The van der Waals surface area contributed by atoms with Gasteiger partial charge in [-0.05, 0) is 32.0 Å². The van der Waals surface area contributed by atoms with Gasteiger partial charge in [0.05, 0.1) is 11.0 Å². The fraction of sp³-hybridized carbons (Fsp3) is 0.417. The maximum atomic E-state index is 4.65. The zero-order chi connectivity index (χ0) is 10.3. The smallest absolute Gasteiger partial charge is 0.111 e. The van der Waals surface area contributed by atoms with E-state index < -0.39 is 0 Å². The lowest BCUT2D eigenvalue weighted by atomic mass is 10.0. The van der Waals surface area contributed by atoms with Crippen LogP contribution < -0.4 is 5.32 Å². The minimum atomic E-state index is 0.533. The number of nitrogens with zero attached hydrogens (tertiary/aromatic N) is 1. The van der Waals surface area contributed by atoms with Gasteiger partial charge in [0.2, 0.25) is 0 Å². The first kappa shape index (κ1) is 8.92. The van der Waals surface area contributed by atoms with E-state index in [1.807, 2.05) is 12.1 Å². The number of para-hydroxylation sites is 2. The third-order valence-corrected chi connectivity index (χ3v) is 3.28. The molecule has 0 radical (unpaired) electrons. The lowest BCUT2D eigenvalue weighted by Gasteiger charge is -2.11. The fourth-order valence-electron chi connectivity index (χ4n) is 2.38. The molecule has 0 spiro atoms. The van der Waals surface area contributed by atoms with Gasteiger partial charge in [-0.2, -0.15) is 0 Å². The van der Waals surface area contributed by atoms with E-state index in [1.165, 1.54) is 6.42 Å². The molecule has 2 atom stereocenters. The normalized spacial score (nSPS) is 26.2. The number of rotatable bonds is 1. The van der Waals surface area contributed by atoms with Crippen LogP contribution in [0.2, 0.25) is 0 Å². The molecule has 3 nitrogen and oxygen atoms in total. The molecular weight excluding hydrogens is 186 g/mol. The summed E-state index contributed by atoms with van der Waals surface area (Å²) < 4.78 is 0. The molecule has 1 aromatic carbocycles. The van der Waals surface area contributed by atoms with E-state index in [-0.39, 0.29) is 0 Å². The summed E-state index contributed by atoms with van der Waals surface area (Å²) >= 11 is 0. The average Bonchev–Trinajstić information content (AvgIpc) is 2.82. The van der Waals surface area contributed by atoms with Gasteiger partial charge in [-0.25, -0.2) is 4.98 Å². The molecule has 0 saturated carbocycles. The fourth-order valence-corrected chi connectivity index (χ4v) is 2.38. The molecule has 1 saturated heterocycles. The van der Waals surface area contributed by atoms with Crippen LogP contribution in [0.3, 0.4) is 0 Å². The summed E-state index contributed by atoms with van der Waals surface area (Å²) in [5, 5.41) is 3.45. The zero-order valence-corrected chi connectivity index (χ0v) is 8.83. The third-order valence-electron chi connectivity index (χ3n) is 3.28. The van der Waals surface area contributed by atoms with Gasteiger partial charge in [0.25, 0.3) is 0 Å². The molecule has 0 aliphatic carbocycles. The first-order valence-electron chi connectivity index (χ1n) is 5.52. The monoisotopic (exact) mass is 201 g/mol. The predicted octanol–water partition coefficient (Wildman–Crippen LogP) is 2.03. The van der Waals surface area contributed by atoms with Crippen molar-refractivity contribution < 1.29 is 0 Å². The van der Waals surface area contributed by atoms with Gasteiger partial charge in [-0.15, -0.1) is 0 Å². The summed E-state index contributed by atoms with van der Waals surface area (Å²) in [5.74, 6) is 1.67. The quantitative estimate of drug-likeness (QED) is 0.741. The molecule has 3 rings (SSSR count). The average molecular weight is 201 g/mol. The van der Waals surface area contributed by atoms with Crippen LogP contribution >= 0.6 is 0 Å². The lowest BCUT2D eigenvalue weighted by Crippen LogP contribution is -2.22. The van der Waals surface area contributed by atoms with Crippen molar-refractivity contribution in [2.24, 2.45) is 0 Å². The Hall–Kier alpha value is -1.35. The minimum Gasteiger partial charge on any atom is -0.342 e. The van der Waals surface area contributed by atoms with Crippen LogP contribution in [-0.4, -0.2) is 22.6 Å². The summed E-state index contributed by atoms with van der Waals surface area (Å²) in [4.78, 5) is 8.07. The van der Waals surface area contributed by atoms with Gasteiger partial charge in [0, 0.05) is 12.0 Å². The van der Waals surface area contributed by atoms with Crippen molar-refractivity contribution in [2.45, 2.75) is 25.3 Å². The minimum absolute atomic E-state index is 0.533. The second-order valence-electron chi connectivity index (χ2n) is 4.28. The van der Waals surface area contributed by atoms with E-state index >= 15 is 0 Å². The summed E-state index contributed by atoms with van der Waals surface area (Å²) in [7, 11) is 0. The molecule has 2 heterocycles. The maximum Gasteiger partial charge on any atom is 0.111 e. The van der Waals surface area contributed by atoms with E-state index in [1.54, 1.807) is 0 Å². The van der Waals surface area contributed by atoms with E-state index in [0.717, 1.165) is 23.4 Å². The van der Waals surface area contributed by atoms with Crippen molar-refractivity contribution in [3.05, 3.63) is 30.1 Å². The highest BCUT2D eigenvalue weighted by Gasteiger charge is 2.26. The number of aromatic amines is 1. The number of nitrogens with one attached hydrogen (secondary N) is 2. The SMILES string of the molecule is CC1NCCC1c1nc2ccccc2[nH]1. The summed E-state index contributed by atoms with van der Waals surface area (Å²) in [6.07, 6.45) is 1.18. The summed E-state index contributed by atoms with van der Waals surface area (Å²) in [6.45, 7) is 3.33. The van der Waals surface area contributed by atoms with E-state index in [2.05, 4.69) is 34.3 Å². The van der Waals surface area contributed by atoms with Crippen molar-refractivity contribution in [3.8, 4) is 0 Å². The van der Waals surface area contributed by atoms with Crippen molar-refractivity contribution >= 4 is 11.0 Å². The van der Waals surface area contributed by atoms with E-state index in [4.69, 9.17) is 0 Å². The molecule has 1 fully saturated rings. The molecule has 15 heavy (non-hydrogen) atoms. The van der Waals surface area contributed by atoms with Crippen molar-refractivity contribution in [2.75, 3.05) is 6.54 Å². The Bertz CT molecular complexity index is 441. The molecule has 0 bridgehead atoms. The largest absolute Gasteiger partial charge is 0.342 e. The van der Waals surface area contributed by atoms with Gasteiger partial charge in [-0.1, -0.05) is 12.1 Å². The second-order valence-corrected chi connectivity index (χ2v) is 4.28. The van der Waals surface area contributed by atoms with Crippen LogP contribution in [0.1, 0.15) is 25.1 Å². The standard InChI is InChI=1S/C12H15N3/c1-8-9(6-7-13-8)12-14-10-4-2-3-5-11(10)15-12/h2-5,8-9,13H,6-7H2,1H3,(H,14,15). The Balaban J connectivity index is 2.04. The van der Waals surface area contributed by atoms with Gasteiger partial charge in [-0.3, -0.25) is 0 Å². The van der Waals surface area contributed by atoms with Crippen LogP contribution in [0.5, 0.6) is 0 Å². The Labute approximate surface area is 88.9 Å². The topological polar surface area (TPSA) is 40.7 Å². The lowest BCUT2D eigenvalue weighted by molar-refractivity contribution is 0.574. The van der Waals surface area contributed by atoms with Crippen LogP contribution in [0.15, 0.2) is 24.3 Å². The number of aromatic nitrogens is 2. The maximum absolute atomic E-state index is 4.65. The van der Waals surface area contributed by atoms with Gasteiger partial charge in [0.1, 0.15) is 5.82 Å². The molecule has 1 aliphatic rings. The van der Waals surface area contributed by atoms with Crippen LogP contribution in [0, 0.1) is 0 Å². The Kier molecular flexibility index (Phi) is 1.99. The molecule has 0 amide bonds. The zero-order valence-electron chi connectivity index (χ0n) is 8.83. The number of imidazole rings is 1. The molecule has 1 aliphatic heterocycles. The number of hydrogen-bond acceptors (Lipinski definition) is 2. The van der Waals surface area contributed by atoms with Gasteiger partial charge in [0.15, 0.2) is 0 Å². The summed E-state index contributed by atoms with van der Waals surface area (Å²) in [5.41, 5.74) is 2.22. The molecular formula is C12H15N3. The molecule has 78 valence electrons. The highest BCUT2D eigenvalue weighted by Crippen LogP contribution is 2.26. The molecule has 2 aromatic rings. The second kappa shape index (κ2) is 3.35. The number of hydrogen-bond donors (Lipinski definition) is 2. The van der Waals surface area contributed by atoms with Crippen LogP contribution in [-0.2, 0) is 0 Å². The Morgan fingerprint density at radius 1 is 1.33 bits per heavy atom. The van der Waals surface area contributed by atoms with Crippen LogP contribution in [0.25, 0.3) is 11.0 Å². The van der Waals surface area contributed by atoms with Gasteiger partial charge < -0.3 is 10.3 Å². The van der Waals surface area contributed by atoms with E-state index in [9.17, 15) is 0 Å². The van der Waals surface area contributed by atoms with Gasteiger partial charge >= 0.3 is 0 Å². The first-order valence-corrected chi connectivity index (χ1v) is 5.52.